The lowest BCUT2D eigenvalue weighted by Crippen LogP contribution is -2.37. The van der Waals surface area contributed by atoms with Gasteiger partial charge in [0.15, 0.2) is 5.78 Å². The Hall–Kier alpha value is -1.89. The fourth-order valence-corrected chi connectivity index (χ4v) is 3.18. The van der Waals surface area contributed by atoms with Gasteiger partial charge >= 0.3 is 0 Å². The van der Waals surface area contributed by atoms with E-state index in [4.69, 9.17) is 0 Å². The van der Waals surface area contributed by atoms with E-state index < -0.39 is 0 Å². The fourth-order valence-electron chi connectivity index (χ4n) is 3.18. The molecule has 0 aromatic heterocycles. The quantitative estimate of drug-likeness (QED) is 0.741. The van der Waals surface area contributed by atoms with Crippen molar-refractivity contribution in [1.29, 1.82) is 0 Å². The molecule has 0 spiro atoms. The van der Waals surface area contributed by atoms with Gasteiger partial charge in [0.2, 0.25) is 0 Å². The molecule has 0 heterocycles. The summed E-state index contributed by atoms with van der Waals surface area (Å²) in [5.74, 6) is 0.590. The zero-order valence-corrected chi connectivity index (χ0v) is 11.6. The third-order valence-corrected chi connectivity index (χ3v) is 4.62. The second kappa shape index (κ2) is 4.06. The van der Waals surface area contributed by atoms with Crippen molar-refractivity contribution in [3.63, 3.8) is 0 Å². The normalized spacial score (nSPS) is 16.1. The van der Waals surface area contributed by atoms with Gasteiger partial charge in [0.05, 0.1) is 0 Å². The van der Waals surface area contributed by atoms with E-state index in [0.29, 0.717) is 5.92 Å². The van der Waals surface area contributed by atoms with Crippen molar-refractivity contribution in [2.24, 2.45) is 5.92 Å². The van der Waals surface area contributed by atoms with Crippen molar-refractivity contribution in [2.75, 3.05) is 0 Å². The molecule has 3 rings (SSSR count). The molecule has 2 aromatic carbocycles. The highest BCUT2D eigenvalue weighted by Crippen LogP contribution is 2.45. The summed E-state index contributed by atoms with van der Waals surface area (Å²) >= 11 is 0. The summed E-state index contributed by atoms with van der Waals surface area (Å²) in [6, 6.07) is 16.1. The van der Waals surface area contributed by atoms with Crippen molar-refractivity contribution in [3.05, 3.63) is 70.8 Å². The van der Waals surface area contributed by atoms with Crippen molar-refractivity contribution in [1.82, 2.24) is 0 Å². The molecular formula is C18H18O. The highest BCUT2D eigenvalue weighted by atomic mass is 16.1. The highest BCUT2D eigenvalue weighted by molar-refractivity contribution is 6.13. The van der Waals surface area contributed by atoms with E-state index in [0.717, 1.165) is 22.3 Å². The standard InChI is InChI=1S/C18H18O/c1-12(2)18(3)15-10-6-4-8-13(15)17(19)14-9-5-7-11-16(14)18/h4-12H,1-3H3. The van der Waals surface area contributed by atoms with Gasteiger partial charge in [-0.3, -0.25) is 4.79 Å². The Labute approximate surface area is 114 Å². The predicted octanol–water partition coefficient (Wildman–Crippen LogP) is 4.19. The SMILES string of the molecule is CC(C)C1(C)c2ccccc2C(=O)c2ccccc21. The van der Waals surface area contributed by atoms with Gasteiger partial charge < -0.3 is 0 Å². The van der Waals surface area contributed by atoms with Crippen molar-refractivity contribution >= 4 is 5.78 Å². The maximum atomic E-state index is 12.6. The molecule has 0 radical (unpaired) electrons. The summed E-state index contributed by atoms with van der Waals surface area (Å²) in [7, 11) is 0. The molecule has 1 aliphatic rings. The molecule has 0 saturated heterocycles. The van der Waals surface area contributed by atoms with Crippen molar-refractivity contribution < 1.29 is 4.79 Å². The number of benzene rings is 2. The first-order valence-electron chi connectivity index (χ1n) is 6.80. The van der Waals surface area contributed by atoms with Crippen LogP contribution in [-0.4, -0.2) is 5.78 Å². The van der Waals surface area contributed by atoms with Crippen LogP contribution in [0.3, 0.4) is 0 Å². The molecule has 0 unspecified atom stereocenters. The number of rotatable bonds is 1. The summed E-state index contributed by atoms with van der Waals surface area (Å²) in [5, 5.41) is 0. The number of fused-ring (bicyclic) bond motifs is 2. The van der Waals surface area contributed by atoms with Crippen LogP contribution in [-0.2, 0) is 5.41 Å². The molecule has 0 N–H and O–H groups in total. The van der Waals surface area contributed by atoms with E-state index >= 15 is 0 Å². The van der Waals surface area contributed by atoms with Crippen LogP contribution in [0.5, 0.6) is 0 Å². The Bertz CT molecular complexity index is 603. The summed E-state index contributed by atoms with van der Waals surface area (Å²) in [6.07, 6.45) is 0. The molecule has 1 heteroatoms. The van der Waals surface area contributed by atoms with Crippen LogP contribution in [0, 0.1) is 5.92 Å². The van der Waals surface area contributed by atoms with Gasteiger partial charge in [-0.05, 0) is 17.0 Å². The van der Waals surface area contributed by atoms with Gasteiger partial charge in [0.25, 0.3) is 0 Å². The molecule has 0 aliphatic heterocycles. The fraction of sp³-hybridized carbons (Fsp3) is 0.278. The van der Waals surface area contributed by atoms with Crippen LogP contribution in [0.25, 0.3) is 0 Å². The lowest BCUT2D eigenvalue weighted by molar-refractivity contribution is 0.102. The third-order valence-electron chi connectivity index (χ3n) is 4.62. The minimum absolute atomic E-state index is 0.0961. The average molecular weight is 250 g/mol. The molecule has 0 bridgehead atoms. The monoisotopic (exact) mass is 250 g/mol. The van der Waals surface area contributed by atoms with Crippen molar-refractivity contribution in [3.8, 4) is 0 Å². The van der Waals surface area contributed by atoms with Gasteiger partial charge in [0.1, 0.15) is 0 Å². The van der Waals surface area contributed by atoms with Crippen LogP contribution in [0.1, 0.15) is 47.8 Å². The lowest BCUT2D eigenvalue weighted by atomic mass is 9.62. The number of hydrogen-bond acceptors (Lipinski definition) is 1. The summed E-state index contributed by atoms with van der Waals surface area (Å²) in [5.41, 5.74) is 3.94. The Balaban J connectivity index is 2.40. The Morgan fingerprint density at radius 2 is 1.26 bits per heavy atom. The molecule has 96 valence electrons. The van der Waals surface area contributed by atoms with Crippen LogP contribution in [0.2, 0.25) is 0 Å². The van der Waals surface area contributed by atoms with Crippen LogP contribution in [0.4, 0.5) is 0 Å². The van der Waals surface area contributed by atoms with Crippen LogP contribution in [0.15, 0.2) is 48.5 Å². The average Bonchev–Trinajstić information content (AvgIpc) is 2.44. The maximum Gasteiger partial charge on any atom is 0.193 e. The van der Waals surface area contributed by atoms with E-state index in [1.807, 2.05) is 36.4 Å². The Morgan fingerprint density at radius 1 is 0.842 bits per heavy atom. The van der Waals surface area contributed by atoms with E-state index in [1.54, 1.807) is 0 Å². The van der Waals surface area contributed by atoms with Gasteiger partial charge in [0, 0.05) is 16.5 Å². The molecule has 1 aliphatic carbocycles. The van der Waals surface area contributed by atoms with E-state index in [-0.39, 0.29) is 11.2 Å². The molecule has 0 fully saturated rings. The zero-order valence-electron chi connectivity index (χ0n) is 11.6. The minimum atomic E-state index is -0.0961. The maximum absolute atomic E-state index is 12.6. The lowest BCUT2D eigenvalue weighted by Gasteiger charge is -2.40. The third kappa shape index (κ3) is 1.51. The topological polar surface area (TPSA) is 17.1 Å². The second-order valence-electron chi connectivity index (χ2n) is 5.78. The van der Waals surface area contributed by atoms with Gasteiger partial charge in [-0.25, -0.2) is 0 Å². The first-order chi connectivity index (χ1) is 9.06. The predicted molar refractivity (Wildman–Crippen MR) is 77.6 cm³/mol. The smallest absolute Gasteiger partial charge is 0.193 e. The molecule has 0 amide bonds. The largest absolute Gasteiger partial charge is 0.289 e. The van der Waals surface area contributed by atoms with Crippen LogP contribution >= 0.6 is 0 Å². The highest BCUT2D eigenvalue weighted by Gasteiger charge is 2.41. The number of carbonyl (C=O) groups is 1. The van der Waals surface area contributed by atoms with E-state index in [1.165, 1.54) is 0 Å². The molecule has 0 atom stereocenters. The summed E-state index contributed by atoms with van der Waals surface area (Å²) < 4.78 is 0. The number of ketones is 1. The second-order valence-corrected chi connectivity index (χ2v) is 5.78. The minimum Gasteiger partial charge on any atom is -0.289 e. The van der Waals surface area contributed by atoms with Crippen LogP contribution < -0.4 is 0 Å². The first kappa shape index (κ1) is 12.2. The summed E-state index contributed by atoms with van der Waals surface area (Å²) in [4.78, 5) is 12.6. The zero-order chi connectivity index (χ0) is 13.6. The molecule has 19 heavy (non-hydrogen) atoms. The molecular weight excluding hydrogens is 232 g/mol. The van der Waals surface area contributed by atoms with Gasteiger partial charge in [-0.1, -0.05) is 69.3 Å². The molecule has 0 saturated carbocycles. The van der Waals surface area contributed by atoms with E-state index in [2.05, 4.69) is 32.9 Å². The number of hydrogen-bond donors (Lipinski definition) is 0. The molecule has 1 nitrogen and oxygen atoms in total. The van der Waals surface area contributed by atoms with Crippen molar-refractivity contribution in [2.45, 2.75) is 26.2 Å². The summed E-state index contributed by atoms with van der Waals surface area (Å²) in [6.45, 7) is 6.70. The van der Waals surface area contributed by atoms with E-state index in [9.17, 15) is 4.79 Å². The van der Waals surface area contributed by atoms with Gasteiger partial charge in [-0.2, -0.15) is 0 Å². The Morgan fingerprint density at radius 3 is 1.68 bits per heavy atom. The Kier molecular flexibility index (Phi) is 2.60. The molecule has 2 aromatic rings. The first-order valence-corrected chi connectivity index (χ1v) is 6.80. The van der Waals surface area contributed by atoms with Gasteiger partial charge in [-0.15, -0.1) is 0 Å². The number of carbonyl (C=O) groups excluding carboxylic acids is 1.